The molecular formula is C10H8ClNO. The van der Waals surface area contributed by atoms with Crippen molar-refractivity contribution in [1.29, 1.82) is 0 Å². The Bertz CT molecular complexity index is 359. The number of hydrogen-bond donors (Lipinski definition) is 1. The second-order valence-electron chi connectivity index (χ2n) is 2.34. The van der Waals surface area contributed by atoms with Crippen LogP contribution in [-0.2, 0) is 4.79 Å². The zero-order valence-corrected chi connectivity index (χ0v) is 7.85. The average molecular weight is 194 g/mol. The fraction of sp³-hybridized carbons (Fsp3) is 0.100. The summed E-state index contributed by atoms with van der Waals surface area (Å²) in [6.45, 7) is 0. The molecule has 0 spiro atoms. The molecule has 0 saturated carbocycles. The molecule has 0 heterocycles. The highest BCUT2D eigenvalue weighted by Gasteiger charge is 1.89. The Hall–Kier alpha value is -1.46. The van der Waals surface area contributed by atoms with Crippen LogP contribution in [0.1, 0.15) is 5.56 Å². The lowest BCUT2D eigenvalue weighted by molar-refractivity contribution is -0.115. The van der Waals surface area contributed by atoms with E-state index in [1.54, 1.807) is 31.3 Å². The van der Waals surface area contributed by atoms with E-state index in [0.29, 0.717) is 5.02 Å². The Kier molecular flexibility index (Phi) is 3.36. The van der Waals surface area contributed by atoms with Gasteiger partial charge in [0.25, 0.3) is 5.91 Å². The van der Waals surface area contributed by atoms with E-state index < -0.39 is 0 Å². The predicted molar refractivity (Wildman–Crippen MR) is 52.4 cm³/mol. The van der Waals surface area contributed by atoms with Crippen LogP contribution in [0.2, 0.25) is 5.02 Å². The highest BCUT2D eigenvalue weighted by Crippen LogP contribution is 2.07. The van der Waals surface area contributed by atoms with E-state index >= 15 is 0 Å². The van der Waals surface area contributed by atoms with Crippen molar-refractivity contribution in [1.82, 2.24) is 5.32 Å². The van der Waals surface area contributed by atoms with Crippen LogP contribution >= 0.6 is 11.6 Å². The van der Waals surface area contributed by atoms with E-state index in [0.717, 1.165) is 5.56 Å². The molecule has 1 aromatic rings. The van der Waals surface area contributed by atoms with Gasteiger partial charge in [-0.15, -0.1) is 0 Å². The summed E-state index contributed by atoms with van der Waals surface area (Å²) in [5, 5.41) is 3.07. The summed E-state index contributed by atoms with van der Waals surface area (Å²) in [6.07, 6.45) is 0. The average Bonchev–Trinajstić information content (AvgIpc) is 2.16. The van der Waals surface area contributed by atoms with Gasteiger partial charge in [-0.1, -0.05) is 17.5 Å². The summed E-state index contributed by atoms with van der Waals surface area (Å²) in [5.74, 6) is 4.83. The van der Waals surface area contributed by atoms with E-state index in [2.05, 4.69) is 17.2 Å². The molecule has 0 aromatic heterocycles. The highest BCUT2D eigenvalue weighted by atomic mass is 35.5. The van der Waals surface area contributed by atoms with Crippen molar-refractivity contribution in [2.45, 2.75) is 0 Å². The number of amides is 1. The van der Waals surface area contributed by atoms with Crippen LogP contribution in [-0.4, -0.2) is 13.0 Å². The summed E-state index contributed by atoms with van der Waals surface area (Å²) in [4.78, 5) is 10.7. The maximum Gasteiger partial charge on any atom is 0.295 e. The molecule has 1 rings (SSSR count). The molecule has 2 nitrogen and oxygen atoms in total. The monoisotopic (exact) mass is 193 g/mol. The summed E-state index contributed by atoms with van der Waals surface area (Å²) < 4.78 is 0. The van der Waals surface area contributed by atoms with Crippen molar-refractivity contribution in [2.24, 2.45) is 0 Å². The molecule has 0 aliphatic heterocycles. The van der Waals surface area contributed by atoms with Gasteiger partial charge in [0.15, 0.2) is 0 Å². The molecule has 1 amide bonds. The van der Waals surface area contributed by atoms with Crippen molar-refractivity contribution in [3.05, 3.63) is 34.9 Å². The van der Waals surface area contributed by atoms with Crippen molar-refractivity contribution in [3.63, 3.8) is 0 Å². The maximum absolute atomic E-state index is 10.7. The predicted octanol–water partition coefficient (Wildman–Crippen LogP) is 1.44. The molecule has 0 aliphatic rings. The Balaban J connectivity index is 2.78. The Morgan fingerprint density at radius 3 is 2.54 bits per heavy atom. The molecule has 3 heteroatoms. The molecule has 0 unspecified atom stereocenters. The van der Waals surface area contributed by atoms with Crippen LogP contribution in [0.15, 0.2) is 24.3 Å². The first-order chi connectivity index (χ1) is 6.22. The van der Waals surface area contributed by atoms with E-state index in [1.165, 1.54) is 0 Å². The molecule has 13 heavy (non-hydrogen) atoms. The zero-order chi connectivity index (χ0) is 9.68. The third-order valence-electron chi connectivity index (χ3n) is 1.39. The van der Waals surface area contributed by atoms with Crippen molar-refractivity contribution >= 4 is 17.5 Å². The van der Waals surface area contributed by atoms with Crippen LogP contribution < -0.4 is 5.32 Å². The lowest BCUT2D eigenvalue weighted by Gasteiger charge is -1.89. The third kappa shape index (κ3) is 3.18. The first kappa shape index (κ1) is 9.63. The van der Waals surface area contributed by atoms with Gasteiger partial charge in [-0.3, -0.25) is 4.79 Å². The van der Waals surface area contributed by atoms with Gasteiger partial charge in [0.1, 0.15) is 0 Å². The van der Waals surface area contributed by atoms with E-state index in [9.17, 15) is 4.79 Å². The summed E-state index contributed by atoms with van der Waals surface area (Å²) in [5.41, 5.74) is 0.771. The number of carbonyl (C=O) groups excluding carboxylic acids is 1. The summed E-state index contributed by atoms with van der Waals surface area (Å²) in [6, 6.07) is 6.99. The minimum absolute atomic E-state index is 0.296. The summed E-state index contributed by atoms with van der Waals surface area (Å²) in [7, 11) is 1.54. The first-order valence-electron chi connectivity index (χ1n) is 3.71. The molecular weight excluding hydrogens is 186 g/mol. The number of carbonyl (C=O) groups is 1. The minimum Gasteiger partial charge on any atom is -0.348 e. The van der Waals surface area contributed by atoms with Crippen LogP contribution in [0.3, 0.4) is 0 Å². The second kappa shape index (κ2) is 4.54. The van der Waals surface area contributed by atoms with Crippen molar-refractivity contribution in [3.8, 4) is 11.8 Å². The zero-order valence-electron chi connectivity index (χ0n) is 7.10. The molecule has 0 atom stereocenters. The van der Waals surface area contributed by atoms with E-state index in [-0.39, 0.29) is 5.91 Å². The van der Waals surface area contributed by atoms with Gasteiger partial charge < -0.3 is 5.32 Å². The highest BCUT2D eigenvalue weighted by molar-refractivity contribution is 6.30. The molecule has 66 valence electrons. The van der Waals surface area contributed by atoms with E-state index in [1.807, 2.05) is 0 Å². The SMILES string of the molecule is CNC(=O)C#Cc1ccc(Cl)cc1. The quantitative estimate of drug-likeness (QED) is 0.621. The molecule has 0 fully saturated rings. The molecule has 0 saturated heterocycles. The van der Waals surface area contributed by atoms with Crippen LogP contribution in [0.4, 0.5) is 0 Å². The van der Waals surface area contributed by atoms with Crippen molar-refractivity contribution < 1.29 is 4.79 Å². The normalized spacial score (nSPS) is 8.46. The molecule has 1 aromatic carbocycles. The van der Waals surface area contributed by atoms with Gasteiger partial charge in [-0.05, 0) is 24.3 Å². The van der Waals surface area contributed by atoms with Gasteiger partial charge in [0.2, 0.25) is 0 Å². The standard InChI is InChI=1S/C10H8ClNO/c1-12-10(13)7-4-8-2-5-9(11)6-3-8/h2-3,5-6H,1H3,(H,12,13). The van der Waals surface area contributed by atoms with Gasteiger partial charge in [0.05, 0.1) is 0 Å². The smallest absolute Gasteiger partial charge is 0.295 e. The van der Waals surface area contributed by atoms with Crippen LogP contribution in [0, 0.1) is 11.8 Å². The first-order valence-corrected chi connectivity index (χ1v) is 4.09. The van der Waals surface area contributed by atoms with Crippen LogP contribution in [0.5, 0.6) is 0 Å². The number of halogens is 1. The molecule has 0 aliphatic carbocycles. The summed E-state index contributed by atoms with van der Waals surface area (Å²) >= 11 is 5.67. The lowest BCUT2D eigenvalue weighted by Crippen LogP contribution is -2.14. The lowest BCUT2D eigenvalue weighted by atomic mass is 10.2. The van der Waals surface area contributed by atoms with Gasteiger partial charge >= 0.3 is 0 Å². The maximum atomic E-state index is 10.7. The van der Waals surface area contributed by atoms with Crippen molar-refractivity contribution in [2.75, 3.05) is 7.05 Å². The molecule has 0 radical (unpaired) electrons. The number of rotatable bonds is 0. The number of nitrogens with one attached hydrogen (secondary N) is 1. The van der Waals surface area contributed by atoms with Gasteiger partial charge in [-0.2, -0.15) is 0 Å². The fourth-order valence-electron chi connectivity index (χ4n) is 0.725. The van der Waals surface area contributed by atoms with E-state index in [4.69, 9.17) is 11.6 Å². The topological polar surface area (TPSA) is 29.1 Å². The van der Waals surface area contributed by atoms with Crippen LogP contribution in [0.25, 0.3) is 0 Å². The number of benzene rings is 1. The minimum atomic E-state index is -0.296. The fourth-order valence-corrected chi connectivity index (χ4v) is 0.851. The molecule has 1 N–H and O–H groups in total. The largest absolute Gasteiger partial charge is 0.348 e. The second-order valence-corrected chi connectivity index (χ2v) is 2.77. The Morgan fingerprint density at radius 1 is 1.38 bits per heavy atom. The Labute approximate surface area is 81.9 Å². The Morgan fingerprint density at radius 2 is 2.00 bits per heavy atom. The third-order valence-corrected chi connectivity index (χ3v) is 1.64. The molecule has 0 bridgehead atoms. The number of hydrogen-bond acceptors (Lipinski definition) is 1. The van der Waals surface area contributed by atoms with Gasteiger partial charge in [0, 0.05) is 23.6 Å². The van der Waals surface area contributed by atoms with Gasteiger partial charge in [-0.25, -0.2) is 0 Å².